The van der Waals surface area contributed by atoms with Gasteiger partial charge in [-0.3, -0.25) is 0 Å². The van der Waals surface area contributed by atoms with Crippen molar-refractivity contribution in [2.75, 3.05) is 5.32 Å². The second-order valence-electron chi connectivity index (χ2n) is 3.53. The lowest BCUT2D eigenvalue weighted by Crippen LogP contribution is -2.15. The maximum Gasteiger partial charge on any atom is 0.214 e. The second-order valence-corrected chi connectivity index (χ2v) is 3.53. The topological polar surface area (TPSA) is 24.9 Å². The summed E-state index contributed by atoms with van der Waals surface area (Å²) in [5.74, 6) is 0.186. The normalized spacial score (nSPS) is 12.5. The van der Waals surface area contributed by atoms with Gasteiger partial charge in [0, 0.05) is 6.04 Å². The van der Waals surface area contributed by atoms with Gasteiger partial charge in [-0.1, -0.05) is 25.8 Å². The average Bonchev–Trinajstić information content (AvgIpc) is 2.15. The highest BCUT2D eigenvalue weighted by molar-refractivity contribution is 5.34. The van der Waals surface area contributed by atoms with E-state index in [-0.39, 0.29) is 0 Å². The van der Waals surface area contributed by atoms with Crippen molar-refractivity contribution in [2.24, 2.45) is 0 Å². The number of nitrogens with zero attached hydrogens (tertiary/aromatic N) is 1. The number of pyridine rings is 1. The molecule has 1 N–H and O–H groups in total. The smallest absolute Gasteiger partial charge is 0.214 e. The Morgan fingerprint density at radius 1 is 1.50 bits per heavy atom. The van der Waals surface area contributed by atoms with Crippen molar-refractivity contribution in [1.29, 1.82) is 0 Å². The molecular formula is C11H17FN2. The van der Waals surface area contributed by atoms with Crippen molar-refractivity contribution in [1.82, 2.24) is 4.98 Å². The maximum absolute atomic E-state index is 12.7. The van der Waals surface area contributed by atoms with Gasteiger partial charge in [0.2, 0.25) is 5.95 Å². The van der Waals surface area contributed by atoms with Crippen molar-refractivity contribution < 1.29 is 4.39 Å². The first kappa shape index (κ1) is 11.0. The largest absolute Gasteiger partial charge is 0.368 e. The van der Waals surface area contributed by atoms with Crippen LogP contribution in [-0.4, -0.2) is 11.0 Å². The van der Waals surface area contributed by atoms with E-state index in [0.29, 0.717) is 11.9 Å². The lowest BCUT2D eigenvalue weighted by atomic mass is 10.1. The van der Waals surface area contributed by atoms with Gasteiger partial charge in [-0.25, -0.2) is 4.98 Å². The number of anilines is 1. The van der Waals surface area contributed by atoms with E-state index in [9.17, 15) is 4.39 Å². The summed E-state index contributed by atoms with van der Waals surface area (Å²) in [7, 11) is 0. The van der Waals surface area contributed by atoms with Crippen LogP contribution in [-0.2, 0) is 0 Å². The Morgan fingerprint density at radius 3 is 2.93 bits per heavy atom. The van der Waals surface area contributed by atoms with Crippen molar-refractivity contribution in [3.63, 3.8) is 0 Å². The lowest BCUT2D eigenvalue weighted by Gasteiger charge is -2.13. The monoisotopic (exact) mass is 196 g/mol. The third kappa shape index (κ3) is 3.73. The van der Waals surface area contributed by atoms with Crippen LogP contribution in [0.3, 0.4) is 0 Å². The van der Waals surface area contributed by atoms with E-state index < -0.39 is 5.95 Å². The van der Waals surface area contributed by atoms with E-state index in [2.05, 4.69) is 24.1 Å². The van der Waals surface area contributed by atoms with Crippen LogP contribution in [0.1, 0.15) is 33.1 Å². The molecule has 1 heterocycles. The highest BCUT2D eigenvalue weighted by Gasteiger charge is 2.02. The van der Waals surface area contributed by atoms with Crippen molar-refractivity contribution in [2.45, 2.75) is 39.2 Å². The molecule has 0 spiro atoms. The molecule has 0 saturated heterocycles. The molecule has 0 aromatic carbocycles. The first-order chi connectivity index (χ1) is 6.72. The summed E-state index contributed by atoms with van der Waals surface area (Å²) in [6, 6.07) is 5.15. The molecule has 0 radical (unpaired) electrons. The number of hydrogen-bond acceptors (Lipinski definition) is 2. The summed E-state index contributed by atoms with van der Waals surface area (Å²) >= 11 is 0. The zero-order valence-corrected chi connectivity index (χ0v) is 8.76. The quantitative estimate of drug-likeness (QED) is 0.731. The minimum atomic E-state index is -0.433. The average molecular weight is 196 g/mol. The van der Waals surface area contributed by atoms with Crippen molar-refractivity contribution in [3.8, 4) is 0 Å². The van der Waals surface area contributed by atoms with Crippen LogP contribution >= 0.6 is 0 Å². The number of unbranched alkanes of at least 4 members (excludes halogenated alkanes) is 1. The molecule has 0 aliphatic heterocycles. The van der Waals surface area contributed by atoms with E-state index in [4.69, 9.17) is 0 Å². The Kier molecular flexibility index (Phi) is 4.36. The molecule has 1 unspecified atom stereocenters. The van der Waals surface area contributed by atoms with Gasteiger partial charge in [0.05, 0.1) is 0 Å². The molecule has 1 atom stereocenters. The molecule has 0 bridgehead atoms. The van der Waals surface area contributed by atoms with E-state index in [0.717, 1.165) is 6.42 Å². The molecule has 78 valence electrons. The minimum Gasteiger partial charge on any atom is -0.368 e. The summed E-state index contributed by atoms with van der Waals surface area (Å²) in [6.45, 7) is 4.25. The summed E-state index contributed by atoms with van der Waals surface area (Å²) in [5.41, 5.74) is 0. The molecule has 2 nitrogen and oxygen atoms in total. The van der Waals surface area contributed by atoms with Crippen LogP contribution in [0.4, 0.5) is 10.2 Å². The van der Waals surface area contributed by atoms with Crippen LogP contribution < -0.4 is 5.32 Å². The molecular weight excluding hydrogens is 179 g/mol. The van der Waals surface area contributed by atoms with Gasteiger partial charge < -0.3 is 5.32 Å². The summed E-state index contributed by atoms with van der Waals surface area (Å²) < 4.78 is 12.7. The standard InChI is InChI=1S/C11H17FN2/c1-3-4-6-9(2)13-11-8-5-7-10(12)14-11/h5,7-9H,3-4,6H2,1-2H3,(H,13,14). The minimum absolute atomic E-state index is 0.351. The van der Waals surface area contributed by atoms with Crippen LogP contribution in [0.2, 0.25) is 0 Å². The number of halogens is 1. The van der Waals surface area contributed by atoms with Gasteiger partial charge in [-0.15, -0.1) is 0 Å². The molecule has 0 aliphatic carbocycles. The van der Waals surface area contributed by atoms with Gasteiger partial charge in [0.1, 0.15) is 5.82 Å². The van der Waals surface area contributed by atoms with Gasteiger partial charge >= 0.3 is 0 Å². The fourth-order valence-corrected chi connectivity index (χ4v) is 1.32. The van der Waals surface area contributed by atoms with Crippen molar-refractivity contribution in [3.05, 3.63) is 24.1 Å². The Hall–Kier alpha value is -1.12. The lowest BCUT2D eigenvalue weighted by molar-refractivity contribution is 0.581. The molecule has 1 rings (SSSR count). The predicted molar refractivity (Wildman–Crippen MR) is 56.8 cm³/mol. The number of rotatable bonds is 5. The van der Waals surface area contributed by atoms with E-state index in [1.54, 1.807) is 12.1 Å². The Balaban J connectivity index is 2.43. The van der Waals surface area contributed by atoms with Gasteiger partial charge in [0.25, 0.3) is 0 Å². The third-order valence-electron chi connectivity index (χ3n) is 2.10. The van der Waals surface area contributed by atoms with Gasteiger partial charge in [-0.2, -0.15) is 4.39 Å². The first-order valence-corrected chi connectivity index (χ1v) is 5.11. The van der Waals surface area contributed by atoms with Gasteiger partial charge in [0.15, 0.2) is 0 Å². The highest BCUT2D eigenvalue weighted by atomic mass is 19.1. The van der Waals surface area contributed by atoms with Crippen LogP contribution in [0.5, 0.6) is 0 Å². The summed E-state index contributed by atoms with van der Waals surface area (Å²) in [6.07, 6.45) is 3.46. The second kappa shape index (κ2) is 5.58. The van der Waals surface area contributed by atoms with E-state index in [1.807, 2.05) is 0 Å². The molecule has 1 aromatic rings. The third-order valence-corrected chi connectivity index (χ3v) is 2.10. The number of hydrogen-bond donors (Lipinski definition) is 1. The Bertz CT molecular complexity index is 276. The number of nitrogens with one attached hydrogen (secondary N) is 1. The van der Waals surface area contributed by atoms with Crippen LogP contribution in [0.25, 0.3) is 0 Å². The molecule has 0 saturated carbocycles. The number of aromatic nitrogens is 1. The summed E-state index contributed by atoms with van der Waals surface area (Å²) in [5, 5.41) is 3.17. The van der Waals surface area contributed by atoms with Gasteiger partial charge in [-0.05, 0) is 25.5 Å². The fourth-order valence-electron chi connectivity index (χ4n) is 1.32. The zero-order valence-electron chi connectivity index (χ0n) is 8.76. The van der Waals surface area contributed by atoms with E-state index >= 15 is 0 Å². The summed E-state index contributed by atoms with van der Waals surface area (Å²) in [4.78, 5) is 3.74. The maximum atomic E-state index is 12.7. The highest BCUT2D eigenvalue weighted by Crippen LogP contribution is 2.08. The SMILES string of the molecule is CCCCC(C)Nc1cccc(F)n1. The Labute approximate surface area is 84.6 Å². The molecule has 14 heavy (non-hydrogen) atoms. The molecule has 0 aliphatic rings. The Morgan fingerprint density at radius 2 is 2.29 bits per heavy atom. The first-order valence-electron chi connectivity index (χ1n) is 5.11. The molecule has 3 heteroatoms. The van der Waals surface area contributed by atoms with Crippen LogP contribution in [0.15, 0.2) is 18.2 Å². The van der Waals surface area contributed by atoms with Crippen molar-refractivity contribution >= 4 is 5.82 Å². The molecule has 0 fully saturated rings. The van der Waals surface area contributed by atoms with E-state index in [1.165, 1.54) is 18.9 Å². The van der Waals surface area contributed by atoms with Crippen LogP contribution in [0, 0.1) is 5.95 Å². The molecule has 0 amide bonds. The predicted octanol–water partition coefficient (Wildman–Crippen LogP) is 3.21. The molecule has 1 aromatic heterocycles. The fraction of sp³-hybridized carbons (Fsp3) is 0.545. The zero-order chi connectivity index (χ0) is 10.4.